The zero-order chi connectivity index (χ0) is 21.0. The van der Waals surface area contributed by atoms with E-state index in [1.807, 2.05) is 30.3 Å². The van der Waals surface area contributed by atoms with E-state index in [0.29, 0.717) is 11.1 Å². The molecule has 0 fully saturated rings. The number of hydrogen-bond donors (Lipinski definition) is 1. The number of hydrogen-bond acceptors (Lipinski definition) is 6. The van der Waals surface area contributed by atoms with Gasteiger partial charge in [-0.15, -0.1) is 0 Å². The minimum Gasteiger partial charge on any atom is -0.488 e. The molecule has 0 amide bonds. The van der Waals surface area contributed by atoms with Gasteiger partial charge in [-0.3, -0.25) is 4.55 Å². The van der Waals surface area contributed by atoms with E-state index in [1.165, 1.54) is 19.2 Å². The van der Waals surface area contributed by atoms with Gasteiger partial charge in [-0.1, -0.05) is 36.9 Å². The van der Waals surface area contributed by atoms with Crippen LogP contribution in [-0.4, -0.2) is 45.4 Å². The zero-order valence-electron chi connectivity index (χ0n) is 15.7. The van der Waals surface area contributed by atoms with Crippen LogP contribution >= 0.6 is 0 Å². The maximum atomic E-state index is 11.6. The Balaban J connectivity index is 2.09. The number of carbonyl (C=O) groups excluding carboxylic acids is 1. The van der Waals surface area contributed by atoms with Gasteiger partial charge >= 0.3 is 5.97 Å². The molecule has 0 heterocycles. The summed E-state index contributed by atoms with van der Waals surface area (Å²) in [5.41, 5.74) is 0. The highest BCUT2D eigenvalue weighted by atomic mass is 32.2. The molecule has 0 spiro atoms. The van der Waals surface area contributed by atoms with Gasteiger partial charge in [-0.2, -0.15) is 8.42 Å². The van der Waals surface area contributed by atoms with Gasteiger partial charge in [-0.25, -0.2) is 4.79 Å². The normalized spacial score (nSPS) is 12.6. The molecule has 29 heavy (non-hydrogen) atoms. The van der Waals surface area contributed by atoms with Gasteiger partial charge in [0.1, 0.15) is 12.4 Å². The Morgan fingerprint density at radius 2 is 1.83 bits per heavy atom. The molecule has 0 aliphatic rings. The molecule has 3 aromatic carbocycles. The first-order valence-electron chi connectivity index (χ1n) is 8.71. The van der Waals surface area contributed by atoms with E-state index in [9.17, 15) is 17.8 Å². The molecule has 0 aliphatic heterocycles. The van der Waals surface area contributed by atoms with Gasteiger partial charge in [0, 0.05) is 24.0 Å². The van der Waals surface area contributed by atoms with Crippen molar-refractivity contribution in [1.82, 2.24) is 0 Å². The minimum atomic E-state index is -4.38. The molecule has 3 rings (SSSR count). The Morgan fingerprint density at radius 3 is 2.52 bits per heavy atom. The highest BCUT2D eigenvalue weighted by molar-refractivity contribution is 7.85. The molecular weight excluding hydrogens is 396 g/mol. The average Bonchev–Trinajstić information content (AvgIpc) is 2.69. The Morgan fingerprint density at radius 1 is 1.10 bits per heavy atom. The van der Waals surface area contributed by atoms with Gasteiger partial charge in [0.15, 0.2) is 6.10 Å². The first-order valence-corrected chi connectivity index (χ1v) is 10.1. The van der Waals surface area contributed by atoms with Crippen molar-refractivity contribution in [2.24, 2.45) is 0 Å². The Hall–Kier alpha value is -2.94. The van der Waals surface area contributed by atoms with E-state index in [0.717, 1.165) is 22.2 Å². The minimum absolute atomic E-state index is 0.0212. The maximum absolute atomic E-state index is 11.6. The first-order chi connectivity index (χ1) is 13.8. The highest BCUT2D eigenvalue weighted by Crippen LogP contribution is 2.36. The van der Waals surface area contributed by atoms with E-state index < -0.39 is 22.2 Å². The molecule has 0 aromatic heterocycles. The van der Waals surface area contributed by atoms with Crippen molar-refractivity contribution in [1.29, 1.82) is 0 Å². The number of esters is 1. The summed E-state index contributed by atoms with van der Waals surface area (Å²) in [6, 6.07) is 13.6. The van der Waals surface area contributed by atoms with Gasteiger partial charge < -0.3 is 14.2 Å². The van der Waals surface area contributed by atoms with Crippen molar-refractivity contribution in [3.05, 3.63) is 61.2 Å². The number of carbonyl (C=O) groups is 1. The predicted molar refractivity (Wildman–Crippen MR) is 109 cm³/mol. The fraction of sp³-hybridized carbons (Fsp3) is 0.190. The van der Waals surface area contributed by atoms with Crippen molar-refractivity contribution in [2.45, 2.75) is 11.0 Å². The van der Waals surface area contributed by atoms with Crippen LogP contribution in [0.4, 0.5) is 0 Å². The summed E-state index contributed by atoms with van der Waals surface area (Å²) in [5, 5.41) is 2.88. The number of rotatable bonds is 8. The van der Waals surface area contributed by atoms with Crippen LogP contribution < -0.4 is 4.74 Å². The SMILES string of the molecule is C=CC(=O)OC(COC)COc1c2ccccc2cc2ccc(S(=O)(=O)O)cc12. The first kappa shape index (κ1) is 20.8. The topological polar surface area (TPSA) is 99.1 Å². The molecule has 8 heteroatoms. The van der Waals surface area contributed by atoms with Crippen LogP contribution in [-0.2, 0) is 24.4 Å². The molecular formula is C21H20O7S. The van der Waals surface area contributed by atoms with Crippen LogP contribution in [0.1, 0.15) is 0 Å². The van der Waals surface area contributed by atoms with Crippen molar-refractivity contribution >= 4 is 37.6 Å². The fourth-order valence-electron chi connectivity index (χ4n) is 3.01. The Kier molecular flexibility index (Phi) is 6.17. The van der Waals surface area contributed by atoms with Crippen LogP contribution in [0.5, 0.6) is 5.75 Å². The van der Waals surface area contributed by atoms with E-state index in [-0.39, 0.29) is 18.1 Å². The second-order valence-electron chi connectivity index (χ2n) is 6.31. The smallest absolute Gasteiger partial charge is 0.330 e. The second kappa shape index (κ2) is 8.60. The number of ether oxygens (including phenoxy) is 3. The van der Waals surface area contributed by atoms with E-state index >= 15 is 0 Å². The third kappa shape index (κ3) is 4.73. The number of benzene rings is 3. The molecule has 0 radical (unpaired) electrons. The van der Waals surface area contributed by atoms with Crippen molar-refractivity contribution in [3.8, 4) is 5.75 Å². The predicted octanol–water partition coefficient (Wildman–Crippen LogP) is 3.36. The van der Waals surface area contributed by atoms with E-state index in [2.05, 4.69) is 6.58 Å². The van der Waals surface area contributed by atoms with Crippen LogP contribution in [0.3, 0.4) is 0 Å². The summed E-state index contributed by atoms with van der Waals surface area (Å²) >= 11 is 0. The standard InChI is InChI=1S/C21H20O7S/c1-3-20(22)28-16(12-26-2)13-27-21-18-7-5-4-6-14(18)10-15-8-9-17(11-19(15)21)29(23,24)25/h3-11,16H,1,12-13H2,2H3,(H,23,24,25). The maximum Gasteiger partial charge on any atom is 0.330 e. The van der Waals surface area contributed by atoms with Gasteiger partial charge in [0.2, 0.25) is 0 Å². The monoisotopic (exact) mass is 416 g/mol. The summed E-state index contributed by atoms with van der Waals surface area (Å²) < 4.78 is 48.9. The summed E-state index contributed by atoms with van der Waals surface area (Å²) in [4.78, 5) is 11.3. The third-order valence-electron chi connectivity index (χ3n) is 4.30. The summed E-state index contributed by atoms with van der Waals surface area (Å²) in [5.74, 6) is -0.188. The van der Waals surface area contributed by atoms with Gasteiger partial charge in [-0.05, 0) is 29.0 Å². The van der Waals surface area contributed by atoms with E-state index in [1.54, 1.807) is 6.07 Å². The fourth-order valence-corrected chi connectivity index (χ4v) is 3.51. The highest BCUT2D eigenvalue weighted by Gasteiger charge is 2.18. The van der Waals surface area contributed by atoms with Crippen LogP contribution in [0.2, 0.25) is 0 Å². The van der Waals surface area contributed by atoms with Crippen LogP contribution in [0, 0.1) is 0 Å². The second-order valence-corrected chi connectivity index (χ2v) is 7.74. The lowest BCUT2D eigenvalue weighted by Crippen LogP contribution is -2.28. The summed E-state index contributed by atoms with van der Waals surface area (Å²) in [6.07, 6.45) is 0.359. The Bertz CT molecular complexity index is 1170. The van der Waals surface area contributed by atoms with Gasteiger partial charge in [0.05, 0.1) is 11.5 Å². The van der Waals surface area contributed by atoms with Crippen LogP contribution in [0.15, 0.2) is 66.1 Å². The third-order valence-corrected chi connectivity index (χ3v) is 5.15. The molecule has 152 valence electrons. The molecule has 0 bridgehead atoms. The van der Waals surface area contributed by atoms with Crippen LogP contribution in [0.25, 0.3) is 21.5 Å². The van der Waals surface area contributed by atoms with Gasteiger partial charge in [0.25, 0.3) is 10.1 Å². The summed E-state index contributed by atoms with van der Waals surface area (Å²) in [6.45, 7) is 3.46. The van der Waals surface area contributed by atoms with Crippen molar-refractivity contribution < 1.29 is 32.0 Å². The molecule has 0 saturated carbocycles. The van der Waals surface area contributed by atoms with E-state index in [4.69, 9.17) is 14.2 Å². The molecule has 7 nitrogen and oxygen atoms in total. The molecule has 1 N–H and O–H groups in total. The number of methoxy groups -OCH3 is 1. The lowest BCUT2D eigenvalue weighted by atomic mass is 10.0. The number of fused-ring (bicyclic) bond motifs is 2. The molecule has 1 atom stereocenters. The van der Waals surface area contributed by atoms with Crippen molar-refractivity contribution in [3.63, 3.8) is 0 Å². The average molecular weight is 416 g/mol. The molecule has 0 aliphatic carbocycles. The lowest BCUT2D eigenvalue weighted by molar-refractivity contribution is -0.147. The summed E-state index contributed by atoms with van der Waals surface area (Å²) in [7, 11) is -2.91. The molecule has 0 saturated heterocycles. The molecule has 3 aromatic rings. The Labute approximate surface area is 168 Å². The largest absolute Gasteiger partial charge is 0.488 e. The quantitative estimate of drug-likeness (QED) is 0.260. The zero-order valence-corrected chi connectivity index (χ0v) is 16.5. The van der Waals surface area contributed by atoms with Crippen molar-refractivity contribution in [2.75, 3.05) is 20.3 Å². The molecule has 1 unspecified atom stereocenters. The lowest BCUT2D eigenvalue weighted by Gasteiger charge is -2.19.